The number of fused-ring (bicyclic) bond motifs is 1. The summed E-state index contributed by atoms with van der Waals surface area (Å²) in [6.45, 7) is 0.0274. The average molecular weight is 343 g/mol. The number of anilines is 1. The van der Waals surface area contributed by atoms with Crippen LogP contribution in [-0.4, -0.2) is 12.5 Å². The maximum Gasteiger partial charge on any atom is 0.262 e. The Labute approximate surface area is 136 Å². The molecule has 3 rings (SSSR count). The van der Waals surface area contributed by atoms with Gasteiger partial charge in [0, 0.05) is 10.0 Å². The summed E-state index contributed by atoms with van der Waals surface area (Å²) >= 11 is 18.6. The van der Waals surface area contributed by atoms with E-state index in [0.717, 1.165) is 11.1 Å². The van der Waals surface area contributed by atoms with E-state index in [0.29, 0.717) is 21.5 Å². The summed E-state index contributed by atoms with van der Waals surface area (Å²) in [5.41, 5.74) is 2.18. The van der Waals surface area contributed by atoms with Crippen LogP contribution in [0.5, 0.6) is 5.75 Å². The summed E-state index contributed by atoms with van der Waals surface area (Å²) in [5, 5.41) is 3.36. The molecule has 0 spiro atoms. The molecular weight excluding hydrogens is 333 g/mol. The smallest absolute Gasteiger partial charge is 0.262 e. The molecule has 1 unspecified atom stereocenters. The molecule has 1 atom stereocenters. The SMILES string of the molecule is O=C1COc2ccc(C(Cl)c3ccc(Cl)cc3Cl)cc2N1. The van der Waals surface area contributed by atoms with E-state index >= 15 is 0 Å². The fourth-order valence-corrected chi connectivity index (χ4v) is 3.04. The second-order valence-electron chi connectivity index (χ2n) is 4.62. The van der Waals surface area contributed by atoms with Crippen LogP contribution >= 0.6 is 34.8 Å². The van der Waals surface area contributed by atoms with Gasteiger partial charge in [0.2, 0.25) is 0 Å². The molecule has 3 nitrogen and oxygen atoms in total. The molecule has 0 aliphatic carbocycles. The van der Waals surface area contributed by atoms with Gasteiger partial charge < -0.3 is 10.1 Å². The highest BCUT2D eigenvalue weighted by molar-refractivity contribution is 6.36. The number of ether oxygens (including phenoxy) is 1. The van der Waals surface area contributed by atoms with Crippen molar-refractivity contribution in [1.82, 2.24) is 0 Å². The first-order valence-electron chi connectivity index (χ1n) is 6.20. The topological polar surface area (TPSA) is 38.3 Å². The van der Waals surface area contributed by atoms with Gasteiger partial charge in [-0.1, -0.05) is 35.3 Å². The number of carbonyl (C=O) groups excluding carboxylic acids is 1. The number of amides is 1. The van der Waals surface area contributed by atoms with Crippen LogP contribution in [0.2, 0.25) is 10.0 Å². The van der Waals surface area contributed by atoms with Crippen molar-refractivity contribution in [3.63, 3.8) is 0 Å². The zero-order valence-electron chi connectivity index (χ0n) is 10.7. The molecule has 0 radical (unpaired) electrons. The third-order valence-corrected chi connectivity index (χ3v) is 4.21. The highest BCUT2D eigenvalue weighted by Crippen LogP contribution is 2.38. The first kappa shape index (κ1) is 14.5. The lowest BCUT2D eigenvalue weighted by Crippen LogP contribution is -2.25. The number of rotatable bonds is 2. The van der Waals surface area contributed by atoms with Crippen molar-refractivity contribution in [1.29, 1.82) is 0 Å². The zero-order chi connectivity index (χ0) is 15.0. The Hall–Kier alpha value is -1.42. The first-order chi connectivity index (χ1) is 10.0. The number of halogens is 3. The fourth-order valence-electron chi connectivity index (χ4n) is 2.14. The molecule has 21 heavy (non-hydrogen) atoms. The number of nitrogens with one attached hydrogen (secondary N) is 1. The van der Waals surface area contributed by atoms with Gasteiger partial charge in [-0.15, -0.1) is 11.6 Å². The minimum atomic E-state index is -0.445. The maximum atomic E-state index is 11.4. The number of benzene rings is 2. The van der Waals surface area contributed by atoms with Crippen LogP contribution in [-0.2, 0) is 4.79 Å². The summed E-state index contributed by atoms with van der Waals surface area (Å²) in [6, 6.07) is 10.6. The lowest BCUT2D eigenvalue weighted by Gasteiger charge is -2.20. The van der Waals surface area contributed by atoms with Gasteiger partial charge in [0.1, 0.15) is 5.75 Å². The van der Waals surface area contributed by atoms with Crippen molar-refractivity contribution in [3.8, 4) is 5.75 Å². The minimum Gasteiger partial charge on any atom is -0.482 e. The van der Waals surface area contributed by atoms with Gasteiger partial charge in [0.05, 0.1) is 11.1 Å². The summed E-state index contributed by atoms with van der Waals surface area (Å²) < 4.78 is 5.32. The number of hydrogen-bond acceptors (Lipinski definition) is 2. The van der Waals surface area contributed by atoms with Gasteiger partial charge in [-0.05, 0) is 35.4 Å². The van der Waals surface area contributed by atoms with Crippen LogP contribution in [0.25, 0.3) is 0 Å². The van der Waals surface area contributed by atoms with Gasteiger partial charge in [-0.2, -0.15) is 0 Å². The van der Waals surface area contributed by atoms with Crippen LogP contribution in [0.4, 0.5) is 5.69 Å². The van der Waals surface area contributed by atoms with E-state index < -0.39 is 5.38 Å². The molecule has 1 aliphatic rings. The second-order valence-corrected chi connectivity index (χ2v) is 5.90. The molecule has 108 valence electrons. The summed E-state index contributed by atoms with van der Waals surface area (Å²) in [4.78, 5) is 11.4. The summed E-state index contributed by atoms with van der Waals surface area (Å²) in [6.07, 6.45) is 0. The Morgan fingerprint density at radius 3 is 2.71 bits per heavy atom. The van der Waals surface area contributed by atoms with Gasteiger partial charge in [-0.25, -0.2) is 0 Å². The molecule has 2 aromatic carbocycles. The largest absolute Gasteiger partial charge is 0.482 e. The molecule has 6 heteroatoms. The molecule has 0 saturated heterocycles. The third-order valence-electron chi connectivity index (χ3n) is 3.16. The standard InChI is InChI=1S/C15H10Cl3NO2/c16-9-2-3-10(11(17)6-9)15(18)8-1-4-13-12(5-8)19-14(20)7-21-13/h1-6,15H,7H2,(H,19,20). The lowest BCUT2D eigenvalue weighted by molar-refractivity contribution is -0.118. The lowest BCUT2D eigenvalue weighted by atomic mass is 10.0. The van der Waals surface area contributed by atoms with Gasteiger partial charge in [0.15, 0.2) is 6.61 Å². The first-order valence-corrected chi connectivity index (χ1v) is 7.39. The molecule has 0 fully saturated rings. The van der Waals surface area contributed by atoms with E-state index in [1.807, 2.05) is 6.07 Å². The highest BCUT2D eigenvalue weighted by atomic mass is 35.5. The predicted octanol–water partition coefficient (Wildman–Crippen LogP) is 4.65. The van der Waals surface area contributed by atoms with Crippen molar-refractivity contribution < 1.29 is 9.53 Å². The van der Waals surface area contributed by atoms with Crippen molar-refractivity contribution in [3.05, 3.63) is 57.6 Å². The molecule has 2 aromatic rings. The van der Waals surface area contributed by atoms with E-state index in [1.165, 1.54) is 0 Å². The Kier molecular flexibility index (Phi) is 3.98. The monoisotopic (exact) mass is 341 g/mol. The number of alkyl halides is 1. The quantitative estimate of drug-likeness (QED) is 0.807. The third kappa shape index (κ3) is 2.95. The van der Waals surface area contributed by atoms with Crippen molar-refractivity contribution >= 4 is 46.4 Å². The van der Waals surface area contributed by atoms with E-state index in [9.17, 15) is 4.79 Å². The zero-order valence-corrected chi connectivity index (χ0v) is 13.0. The Bertz CT molecular complexity index is 718. The fraction of sp³-hybridized carbons (Fsp3) is 0.133. The average Bonchev–Trinajstić information content (AvgIpc) is 2.46. The maximum absolute atomic E-state index is 11.4. The van der Waals surface area contributed by atoms with Crippen LogP contribution in [0, 0.1) is 0 Å². The van der Waals surface area contributed by atoms with E-state index in [1.54, 1.807) is 30.3 Å². The molecule has 1 N–H and O–H groups in total. The number of hydrogen-bond donors (Lipinski definition) is 1. The number of carbonyl (C=O) groups is 1. The van der Waals surface area contributed by atoms with E-state index in [-0.39, 0.29) is 12.5 Å². The molecular formula is C15H10Cl3NO2. The molecule has 0 saturated carbocycles. The summed E-state index contributed by atoms with van der Waals surface area (Å²) in [7, 11) is 0. The molecule has 0 bridgehead atoms. The highest BCUT2D eigenvalue weighted by Gasteiger charge is 2.20. The van der Waals surface area contributed by atoms with Gasteiger partial charge in [0.25, 0.3) is 5.91 Å². The van der Waals surface area contributed by atoms with Crippen LogP contribution in [0.1, 0.15) is 16.5 Å². The van der Waals surface area contributed by atoms with Crippen molar-refractivity contribution in [2.45, 2.75) is 5.38 Å². The van der Waals surface area contributed by atoms with Crippen molar-refractivity contribution in [2.24, 2.45) is 0 Å². The Morgan fingerprint density at radius 2 is 1.95 bits per heavy atom. The van der Waals surface area contributed by atoms with Crippen molar-refractivity contribution in [2.75, 3.05) is 11.9 Å². The molecule has 0 aromatic heterocycles. The van der Waals surface area contributed by atoms with Gasteiger partial charge in [-0.3, -0.25) is 4.79 Å². The normalized spacial score (nSPS) is 14.9. The second kappa shape index (κ2) is 5.76. The summed E-state index contributed by atoms with van der Waals surface area (Å²) in [5.74, 6) is 0.444. The van der Waals surface area contributed by atoms with E-state index in [2.05, 4.69) is 5.32 Å². The van der Waals surface area contributed by atoms with E-state index in [4.69, 9.17) is 39.5 Å². The molecule has 1 aliphatic heterocycles. The van der Waals surface area contributed by atoms with Crippen LogP contribution in [0.15, 0.2) is 36.4 Å². The van der Waals surface area contributed by atoms with Gasteiger partial charge >= 0.3 is 0 Å². The van der Waals surface area contributed by atoms with Crippen LogP contribution in [0.3, 0.4) is 0 Å². The van der Waals surface area contributed by atoms with Crippen LogP contribution < -0.4 is 10.1 Å². The Balaban J connectivity index is 1.96. The predicted molar refractivity (Wildman–Crippen MR) is 84.7 cm³/mol. The minimum absolute atomic E-state index is 0.0274. The Morgan fingerprint density at radius 1 is 1.14 bits per heavy atom. The molecule has 1 amide bonds. The molecule has 1 heterocycles.